The van der Waals surface area contributed by atoms with Crippen LogP contribution in [0.1, 0.15) is 32.8 Å². The molecular formula is C18H22BrCl2N7O2. The number of aromatic nitrogens is 4. The molecule has 0 unspecified atom stereocenters. The molecule has 2 aromatic heterocycles. The van der Waals surface area contributed by atoms with Crippen LogP contribution in [-0.4, -0.2) is 50.1 Å². The maximum atomic E-state index is 12.0. The first-order valence-electron chi connectivity index (χ1n) is 8.86. The number of carbonyl (C=O) groups is 1. The van der Waals surface area contributed by atoms with E-state index in [2.05, 4.69) is 36.3 Å². The third-order valence-electron chi connectivity index (χ3n) is 3.74. The molecule has 12 heteroatoms. The van der Waals surface area contributed by atoms with E-state index in [1.54, 1.807) is 17.0 Å². The van der Waals surface area contributed by atoms with Crippen molar-refractivity contribution in [1.82, 2.24) is 25.3 Å². The van der Waals surface area contributed by atoms with Gasteiger partial charge in [0.1, 0.15) is 5.60 Å². The quantitative estimate of drug-likeness (QED) is 0.573. The monoisotopic (exact) mass is 517 g/mol. The highest BCUT2D eigenvalue weighted by molar-refractivity contribution is 9.10. The Labute approximate surface area is 192 Å². The number of hydrogen-bond acceptors (Lipinski definition) is 8. The van der Waals surface area contributed by atoms with Gasteiger partial charge in [0.15, 0.2) is 21.9 Å². The molecule has 0 radical (unpaired) electrons. The molecule has 0 bridgehead atoms. The van der Waals surface area contributed by atoms with E-state index in [4.69, 9.17) is 39.4 Å². The van der Waals surface area contributed by atoms with E-state index in [-0.39, 0.29) is 6.09 Å². The van der Waals surface area contributed by atoms with E-state index in [9.17, 15) is 4.79 Å². The van der Waals surface area contributed by atoms with Crippen molar-refractivity contribution in [2.24, 2.45) is 0 Å². The predicted octanol–water partition coefficient (Wildman–Crippen LogP) is 4.21. The average Bonchev–Trinajstić information content (AvgIpc) is 2.66. The molecule has 2 aromatic rings. The summed E-state index contributed by atoms with van der Waals surface area (Å²) in [6.07, 6.45) is 2.31. The van der Waals surface area contributed by atoms with Gasteiger partial charge in [-0.2, -0.15) is 0 Å². The first kappa shape index (κ1) is 24.1. The van der Waals surface area contributed by atoms with Gasteiger partial charge in [0.25, 0.3) is 0 Å². The lowest BCUT2D eigenvalue weighted by atomic mass is 10.0. The molecule has 9 nitrogen and oxygen atoms in total. The Hall–Kier alpha value is -2.17. The van der Waals surface area contributed by atoms with Gasteiger partial charge in [-0.15, -0.1) is 20.4 Å². The highest BCUT2D eigenvalue weighted by atomic mass is 79.9. The Bertz CT molecular complexity index is 951. The molecule has 0 atom stereocenters. The molecule has 0 saturated heterocycles. The second-order valence-electron chi connectivity index (χ2n) is 7.27. The van der Waals surface area contributed by atoms with Crippen LogP contribution in [0.2, 0.25) is 10.3 Å². The van der Waals surface area contributed by atoms with Gasteiger partial charge in [0, 0.05) is 18.7 Å². The largest absolute Gasteiger partial charge is 0.444 e. The Kier molecular flexibility index (Phi) is 8.22. The number of nitrogen functional groups attached to an aromatic ring is 2. The molecule has 3 rings (SSSR count). The van der Waals surface area contributed by atoms with Gasteiger partial charge in [0.2, 0.25) is 0 Å². The Morgan fingerprint density at radius 3 is 2.20 bits per heavy atom. The molecule has 0 saturated carbocycles. The number of nitrogens with zero attached hydrogens (tertiary/aromatic N) is 5. The molecule has 1 aliphatic heterocycles. The molecule has 162 valence electrons. The zero-order valence-electron chi connectivity index (χ0n) is 16.7. The highest BCUT2D eigenvalue weighted by Gasteiger charge is 2.24. The van der Waals surface area contributed by atoms with Crippen LogP contribution in [0, 0.1) is 0 Å². The van der Waals surface area contributed by atoms with Gasteiger partial charge in [-0.3, -0.25) is 0 Å². The van der Waals surface area contributed by atoms with Gasteiger partial charge in [-0.1, -0.05) is 29.3 Å². The first-order valence-corrected chi connectivity index (χ1v) is 10.4. The maximum Gasteiger partial charge on any atom is 0.410 e. The predicted molar refractivity (Wildman–Crippen MR) is 121 cm³/mol. The van der Waals surface area contributed by atoms with Crippen molar-refractivity contribution in [3.05, 3.63) is 38.6 Å². The molecule has 4 N–H and O–H groups in total. The topological polar surface area (TPSA) is 133 Å². The van der Waals surface area contributed by atoms with E-state index in [1.165, 1.54) is 0 Å². The van der Waals surface area contributed by atoms with Crippen LogP contribution in [-0.2, 0) is 4.74 Å². The summed E-state index contributed by atoms with van der Waals surface area (Å²) < 4.78 is 6.02. The van der Waals surface area contributed by atoms with Gasteiger partial charge >= 0.3 is 6.09 Å². The third kappa shape index (κ3) is 7.26. The first-order chi connectivity index (χ1) is 14.0. The summed E-state index contributed by atoms with van der Waals surface area (Å²) in [5, 5.41) is 15.2. The minimum absolute atomic E-state index is 0.301. The van der Waals surface area contributed by atoms with Crippen molar-refractivity contribution < 1.29 is 9.53 Å². The molecule has 0 aromatic carbocycles. The van der Waals surface area contributed by atoms with Crippen molar-refractivity contribution in [1.29, 1.82) is 0 Å². The summed E-state index contributed by atoms with van der Waals surface area (Å²) in [4.78, 5) is 13.6. The van der Waals surface area contributed by atoms with Crippen molar-refractivity contribution in [3.63, 3.8) is 0 Å². The van der Waals surface area contributed by atoms with E-state index in [1.807, 2.05) is 26.8 Å². The third-order valence-corrected chi connectivity index (χ3v) is 4.75. The van der Waals surface area contributed by atoms with Gasteiger partial charge in [-0.25, -0.2) is 4.79 Å². The zero-order chi connectivity index (χ0) is 22.5. The maximum absolute atomic E-state index is 12.0. The number of anilines is 2. The summed E-state index contributed by atoms with van der Waals surface area (Å²) in [5.74, 6) is 0.691. The van der Waals surface area contributed by atoms with Gasteiger partial charge < -0.3 is 21.1 Å². The molecule has 1 amide bonds. The second-order valence-corrected chi connectivity index (χ2v) is 8.90. The Balaban J connectivity index is 0.000000297. The van der Waals surface area contributed by atoms with Crippen LogP contribution < -0.4 is 11.5 Å². The molecular weight excluding hydrogens is 497 g/mol. The average molecular weight is 519 g/mol. The molecule has 30 heavy (non-hydrogen) atoms. The smallest absolute Gasteiger partial charge is 0.410 e. The van der Waals surface area contributed by atoms with Gasteiger partial charge in [-0.05, 0) is 60.8 Å². The Morgan fingerprint density at radius 1 is 1.10 bits per heavy atom. The van der Waals surface area contributed by atoms with E-state index in [0.29, 0.717) is 45.9 Å². The van der Waals surface area contributed by atoms with Crippen molar-refractivity contribution in [2.45, 2.75) is 32.8 Å². The highest BCUT2D eigenvalue weighted by Crippen LogP contribution is 2.27. The standard InChI is InChI=1S/C14H19ClN4O2.C4H3BrClN3/c1-14(2,3)21-13(20)19-6-4-9(5-7-19)10-8-11(15)17-18-12(10)16;5-2-1-3(6)8-9-4(2)7/h4,8H,5-7H2,1-3H3,(H2,16,18);1H,(H2,7,9). The van der Waals surface area contributed by atoms with Crippen LogP contribution in [0.25, 0.3) is 5.57 Å². The van der Waals surface area contributed by atoms with Crippen LogP contribution in [0.3, 0.4) is 0 Å². The summed E-state index contributed by atoms with van der Waals surface area (Å²) in [6, 6.07) is 3.28. The van der Waals surface area contributed by atoms with E-state index in [0.717, 1.165) is 11.1 Å². The molecule has 0 fully saturated rings. The number of hydrogen-bond donors (Lipinski definition) is 2. The van der Waals surface area contributed by atoms with Crippen molar-refractivity contribution >= 4 is 62.4 Å². The molecule has 0 spiro atoms. The lowest BCUT2D eigenvalue weighted by Gasteiger charge is -2.29. The fourth-order valence-electron chi connectivity index (χ4n) is 2.40. The molecule has 0 aliphatic carbocycles. The zero-order valence-corrected chi connectivity index (χ0v) is 19.8. The van der Waals surface area contributed by atoms with E-state index >= 15 is 0 Å². The fraction of sp³-hybridized carbons (Fsp3) is 0.389. The van der Waals surface area contributed by atoms with E-state index < -0.39 is 5.60 Å². The number of rotatable bonds is 1. The number of carbonyl (C=O) groups excluding carboxylic acids is 1. The fourth-order valence-corrected chi connectivity index (χ4v) is 3.12. The number of ether oxygens (including phenoxy) is 1. The normalized spacial score (nSPS) is 13.8. The van der Waals surface area contributed by atoms with Crippen LogP contribution in [0.4, 0.5) is 16.4 Å². The minimum Gasteiger partial charge on any atom is -0.444 e. The summed E-state index contributed by atoms with van der Waals surface area (Å²) in [6.45, 7) is 6.59. The van der Waals surface area contributed by atoms with Crippen LogP contribution in [0.15, 0.2) is 22.7 Å². The summed E-state index contributed by atoms with van der Waals surface area (Å²) in [7, 11) is 0. The van der Waals surface area contributed by atoms with Crippen LogP contribution in [0.5, 0.6) is 0 Å². The molecule has 1 aliphatic rings. The lowest BCUT2D eigenvalue weighted by molar-refractivity contribution is 0.0270. The SMILES string of the molecule is CC(C)(C)OC(=O)N1CC=C(c2cc(Cl)nnc2N)CC1.Nc1nnc(Cl)cc1Br. The van der Waals surface area contributed by atoms with Crippen molar-refractivity contribution in [3.8, 4) is 0 Å². The number of nitrogens with two attached hydrogens (primary N) is 2. The number of halogens is 3. The van der Waals surface area contributed by atoms with Gasteiger partial charge in [0.05, 0.1) is 4.47 Å². The summed E-state index contributed by atoms with van der Waals surface area (Å²) >= 11 is 14.4. The Morgan fingerprint density at radius 2 is 1.70 bits per heavy atom. The minimum atomic E-state index is -0.492. The van der Waals surface area contributed by atoms with Crippen molar-refractivity contribution in [2.75, 3.05) is 24.6 Å². The molecule has 3 heterocycles. The summed E-state index contributed by atoms with van der Waals surface area (Å²) in [5.41, 5.74) is 12.4. The number of amides is 1. The lowest BCUT2D eigenvalue weighted by Crippen LogP contribution is -2.39. The second kappa shape index (κ2) is 10.2. The van der Waals surface area contributed by atoms with Crippen LogP contribution >= 0.6 is 39.1 Å².